The van der Waals surface area contributed by atoms with Crippen LogP contribution in [0, 0.1) is 19.8 Å². The number of carbonyl (C=O) groups is 3. The van der Waals surface area contributed by atoms with E-state index in [4.69, 9.17) is 9.15 Å². The van der Waals surface area contributed by atoms with Gasteiger partial charge >= 0.3 is 5.97 Å². The van der Waals surface area contributed by atoms with Gasteiger partial charge in [-0.2, -0.15) is 0 Å². The van der Waals surface area contributed by atoms with Crippen LogP contribution in [0.4, 0.5) is 0 Å². The average molecular weight is 434 g/mol. The summed E-state index contributed by atoms with van der Waals surface area (Å²) in [6.07, 6.45) is 1.17. The fourth-order valence-electron chi connectivity index (χ4n) is 3.42. The van der Waals surface area contributed by atoms with E-state index in [0.29, 0.717) is 53.9 Å². The Balaban J connectivity index is 1.58. The molecule has 9 heteroatoms. The molecule has 0 radical (unpaired) electrons. The lowest BCUT2D eigenvalue weighted by atomic mass is 9.97. The number of ether oxygens (including phenoxy) is 1. The van der Waals surface area contributed by atoms with Crippen molar-refractivity contribution in [3.05, 3.63) is 28.5 Å². The summed E-state index contributed by atoms with van der Waals surface area (Å²) in [5.74, 6) is 0.687. The lowest BCUT2D eigenvalue weighted by Gasteiger charge is -2.32. The predicted molar refractivity (Wildman–Crippen MR) is 112 cm³/mol. The van der Waals surface area contributed by atoms with Gasteiger partial charge in [-0.15, -0.1) is 11.3 Å². The molecule has 30 heavy (non-hydrogen) atoms. The van der Waals surface area contributed by atoms with Crippen molar-refractivity contribution in [3.8, 4) is 10.8 Å². The van der Waals surface area contributed by atoms with Crippen molar-refractivity contribution in [2.24, 2.45) is 5.92 Å². The Morgan fingerprint density at radius 3 is 2.57 bits per heavy atom. The normalized spacial score (nSPS) is 14.6. The van der Waals surface area contributed by atoms with E-state index < -0.39 is 0 Å². The first-order valence-electron chi connectivity index (χ1n) is 10.0. The summed E-state index contributed by atoms with van der Waals surface area (Å²) < 4.78 is 10.7. The van der Waals surface area contributed by atoms with E-state index in [1.54, 1.807) is 25.8 Å². The lowest BCUT2D eigenvalue weighted by molar-refractivity contribution is -0.151. The number of esters is 1. The lowest BCUT2D eigenvalue weighted by Crippen LogP contribution is -2.45. The highest BCUT2D eigenvalue weighted by atomic mass is 32.1. The Kier molecular flexibility index (Phi) is 6.91. The van der Waals surface area contributed by atoms with Gasteiger partial charge in [-0.25, -0.2) is 4.98 Å². The molecule has 1 fully saturated rings. The third kappa shape index (κ3) is 4.89. The van der Waals surface area contributed by atoms with E-state index in [2.05, 4.69) is 4.98 Å². The fraction of sp³-hybridized carbons (Fsp3) is 0.524. The van der Waals surface area contributed by atoms with Crippen LogP contribution < -0.4 is 0 Å². The first-order valence-corrected chi connectivity index (χ1v) is 10.9. The van der Waals surface area contributed by atoms with Crippen LogP contribution in [0.25, 0.3) is 10.8 Å². The summed E-state index contributed by atoms with van der Waals surface area (Å²) >= 11 is 1.26. The molecule has 0 aromatic carbocycles. The van der Waals surface area contributed by atoms with Gasteiger partial charge in [0, 0.05) is 20.1 Å². The molecule has 2 aromatic heterocycles. The van der Waals surface area contributed by atoms with E-state index >= 15 is 0 Å². The smallest absolute Gasteiger partial charge is 0.309 e. The molecule has 8 nitrogen and oxygen atoms in total. The maximum Gasteiger partial charge on any atom is 0.309 e. The number of nitrogens with zero attached hydrogens (tertiary/aromatic N) is 3. The predicted octanol–water partition coefficient (Wildman–Crippen LogP) is 2.89. The van der Waals surface area contributed by atoms with Crippen molar-refractivity contribution in [3.63, 3.8) is 0 Å². The summed E-state index contributed by atoms with van der Waals surface area (Å²) in [7, 11) is 1.61. The summed E-state index contributed by atoms with van der Waals surface area (Å²) in [4.78, 5) is 45.4. The number of carbonyl (C=O) groups excluding carboxylic acids is 3. The summed E-state index contributed by atoms with van der Waals surface area (Å²) in [6.45, 7) is 6.74. The topological polar surface area (TPSA) is 93.0 Å². The maximum absolute atomic E-state index is 12.9. The molecule has 0 aliphatic carbocycles. The van der Waals surface area contributed by atoms with E-state index in [9.17, 15) is 14.4 Å². The second kappa shape index (κ2) is 9.42. The van der Waals surface area contributed by atoms with Gasteiger partial charge in [0.05, 0.1) is 24.8 Å². The first kappa shape index (κ1) is 22.0. The van der Waals surface area contributed by atoms with Gasteiger partial charge in [0.25, 0.3) is 5.91 Å². The SMILES string of the molecule is CCOC(=O)C1CCN(C(=O)CN(C)C(=O)c2sc(-c3ccc(C)o3)nc2C)CC1. The summed E-state index contributed by atoms with van der Waals surface area (Å²) in [5, 5.41) is 0.643. The number of rotatable bonds is 6. The number of aromatic nitrogens is 1. The third-order valence-corrected chi connectivity index (χ3v) is 6.29. The molecule has 0 spiro atoms. The fourth-order valence-corrected chi connectivity index (χ4v) is 4.45. The van der Waals surface area contributed by atoms with Crippen LogP contribution in [0.1, 0.15) is 40.9 Å². The minimum atomic E-state index is -0.241. The Bertz CT molecular complexity index is 927. The van der Waals surface area contributed by atoms with Crippen LogP contribution in [0.3, 0.4) is 0 Å². The number of thiazole rings is 1. The highest BCUT2D eigenvalue weighted by Crippen LogP contribution is 2.30. The molecule has 0 atom stereocenters. The second-order valence-corrected chi connectivity index (χ2v) is 8.41. The van der Waals surface area contributed by atoms with Crippen LogP contribution in [-0.2, 0) is 14.3 Å². The van der Waals surface area contributed by atoms with Crippen molar-refractivity contribution in [1.82, 2.24) is 14.8 Å². The highest BCUT2D eigenvalue weighted by molar-refractivity contribution is 7.17. The van der Waals surface area contributed by atoms with Crippen molar-refractivity contribution in [2.45, 2.75) is 33.6 Å². The standard InChI is InChI=1S/C21H27N3O5S/c1-5-28-21(27)15-8-10-24(11-9-15)17(25)12-23(4)20(26)18-14(3)22-19(30-18)16-7-6-13(2)29-16/h6-7,15H,5,8-12H2,1-4H3. The van der Waals surface area contributed by atoms with Crippen molar-refractivity contribution >= 4 is 29.1 Å². The quantitative estimate of drug-likeness (QED) is 0.651. The second-order valence-electron chi connectivity index (χ2n) is 7.41. The Labute approximate surface area is 179 Å². The van der Waals surface area contributed by atoms with Crippen molar-refractivity contribution in [2.75, 3.05) is 33.3 Å². The first-order chi connectivity index (χ1) is 14.3. The van der Waals surface area contributed by atoms with Crippen LogP contribution in [0.2, 0.25) is 0 Å². The average Bonchev–Trinajstić information content (AvgIpc) is 3.33. The summed E-state index contributed by atoms with van der Waals surface area (Å²) in [6, 6.07) is 3.68. The number of furan rings is 1. The van der Waals surface area contributed by atoms with Crippen LogP contribution in [0.5, 0.6) is 0 Å². The minimum Gasteiger partial charge on any atom is -0.466 e. The number of aryl methyl sites for hydroxylation is 2. The highest BCUT2D eigenvalue weighted by Gasteiger charge is 2.29. The van der Waals surface area contributed by atoms with Gasteiger partial charge < -0.3 is 19.0 Å². The zero-order valence-corrected chi connectivity index (χ0v) is 18.6. The van der Waals surface area contributed by atoms with E-state index in [1.165, 1.54) is 16.2 Å². The van der Waals surface area contributed by atoms with E-state index in [0.717, 1.165) is 5.76 Å². The number of likely N-dealkylation sites (N-methyl/N-ethyl adjacent to an activating group) is 1. The van der Waals surface area contributed by atoms with Crippen molar-refractivity contribution in [1.29, 1.82) is 0 Å². The van der Waals surface area contributed by atoms with Crippen LogP contribution in [0.15, 0.2) is 16.5 Å². The number of amides is 2. The van der Waals surface area contributed by atoms with Gasteiger partial charge in [0.15, 0.2) is 10.8 Å². The molecule has 3 heterocycles. The van der Waals surface area contributed by atoms with Gasteiger partial charge in [-0.3, -0.25) is 14.4 Å². The van der Waals surface area contributed by atoms with Crippen LogP contribution in [-0.4, -0.2) is 65.9 Å². The number of hydrogen-bond donors (Lipinski definition) is 0. The Morgan fingerprint density at radius 2 is 1.97 bits per heavy atom. The zero-order valence-electron chi connectivity index (χ0n) is 17.8. The monoisotopic (exact) mass is 433 g/mol. The Morgan fingerprint density at radius 1 is 1.27 bits per heavy atom. The van der Waals surface area contributed by atoms with Gasteiger partial charge in [-0.1, -0.05) is 0 Å². The molecule has 0 unspecified atom stereocenters. The maximum atomic E-state index is 12.9. The Hall–Kier alpha value is -2.68. The molecule has 1 aliphatic rings. The number of hydrogen-bond acceptors (Lipinski definition) is 7. The summed E-state index contributed by atoms with van der Waals surface area (Å²) in [5.41, 5.74) is 0.614. The van der Waals surface area contributed by atoms with E-state index in [1.807, 2.05) is 19.1 Å². The largest absolute Gasteiger partial charge is 0.466 e. The number of piperidine rings is 1. The van der Waals surface area contributed by atoms with Gasteiger partial charge in [0.1, 0.15) is 10.6 Å². The molecule has 1 aliphatic heterocycles. The zero-order chi connectivity index (χ0) is 21.8. The molecular weight excluding hydrogens is 406 g/mol. The molecular formula is C21H27N3O5S. The molecule has 162 valence electrons. The molecule has 2 amide bonds. The molecule has 0 bridgehead atoms. The minimum absolute atomic E-state index is 0.0184. The molecule has 0 saturated carbocycles. The van der Waals surface area contributed by atoms with Crippen LogP contribution >= 0.6 is 11.3 Å². The number of likely N-dealkylation sites (tertiary alicyclic amines) is 1. The molecule has 1 saturated heterocycles. The molecule has 0 N–H and O–H groups in total. The molecule has 2 aromatic rings. The van der Waals surface area contributed by atoms with Gasteiger partial charge in [0.2, 0.25) is 5.91 Å². The molecule has 3 rings (SSSR count). The van der Waals surface area contributed by atoms with Gasteiger partial charge in [-0.05, 0) is 45.7 Å². The van der Waals surface area contributed by atoms with E-state index in [-0.39, 0.29) is 30.2 Å². The third-order valence-electron chi connectivity index (χ3n) is 5.13. The van der Waals surface area contributed by atoms with Crippen molar-refractivity contribution < 1.29 is 23.5 Å².